The number of hydrogen-bond donors (Lipinski definition) is 1. The summed E-state index contributed by atoms with van der Waals surface area (Å²) in [5.74, 6) is 0.951. The second-order valence-electron chi connectivity index (χ2n) is 7.51. The highest BCUT2D eigenvalue weighted by Crippen LogP contribution is 2.41. The fourth-order valence-electron chi connectivity index (χ4n) is 3.71. The van der Waals surface area contributed by atoms with Crippen molar-refractivity contribution in [2.45, 2.75) is 90.1 Å². The van der Waals surface area contributed by atoms with Crippen LogP contribution >= 0.6 is 0 Å². The fourth-order valence-corrected chi connectivity index (χ4v) is 3.71. The van der Waals surface area contributed by atoms with Gasteiger partial charge < -0.3 is 5.32 Å². The molecule has 1 aliphatic heterocycles. The fraction of sp³-hybridized carbons (Fsp3) is 1.00. The standard InChI is InChI=1S/C18H36N2/c1-4-5-6-7-8-9-10-13-20-15-18(3,17-11-12-17)19-14-16(20)2/h16-17,19H,4-15H2,1-3H3. The predicted molar refractivity (Wildman–Crippen MR) is 88.2 cm³/mol. The van der Waals surface area contributed by atoms with Crippen LogP contribution in [0.4, 0.5) is 0 Å². The van der Waals surface area contributed by atoms with E-state index < -0.39 is 0 Å². The van der Waals surface area contributed by atoms with Crippen LogP contribution in [0, 0.1) is 5.92 Å². The summed E-state index contributed by atoms with van der Waals surface area (Å²) in [7, 11) is 0. The highest BCUT2D eigenvalue weighted by Gasteiger charge is 2.44. The quantitative estimate of drug-likeness (QED) is 0.637. The van der Waals surface area contributed by atoms with Crippen molar-refractivity contribution in [2.75, 3.05) is 19.6 Å². The van der Waals surface area contributed by atoms with E-state index in [0.717, 1.165) is 12.0 Å². The molecule has 2 atom stereocenters. The summed E-state index contributed by atoms with van der Waals surface area (Å²) in [5.41, 5.74) is 0.410. The zero-order valence-corrected chi connectivity index (χ0v) is 14.1. The van der Waals surface area contributed by atoms with E-state index >= 15 is 0 Å². The summed E-state index contributed by atoms with van der Waals surface area (Å²) >= 11 is 0. The van der Waals surface area contributed by atoms with Crippen molar-refractivity contribution in [1.82, 2.24) is 10.2 Å². The van der Waals surface area contributed by atoms with E-state index in [2.05, 4.69) is 31.0 Å². The maximum absolute atomic E-state index is 3.82. The molecule has 2 rings (SSSR count). The Bertz CT molecular complexity index is 275. The molecule has 0 aromatic rings. The van der Waals surface area contributed by atoms with Gasteiger partial charge in [-0.15, -0.1) is 0 Å². The van der Waals surface area contributed by atoms with Crippen LogP contribution < -0.4 is 5.32 Å². The average molecular weight is 280 g/mol. The molecule has 0 radical (unpaired) electrons. The lowest BCUT2D eigenvalue weighted by Crippen LogP contribution is -2.63. The van der Waals surface area contributed by atoms with E-state index in [1.165, 1.54) is 77.4 Å². The summed E-state index contributed by atoms with van der Waals surface area (Å²) in [6, 6.07) is 0.724. The van der Waals surface area contributed by atoms with Crippen LogP contribution in [0.1, 0.15) is 78.6 Å². The molecule has 2 unspecified atom stereocenters. The molecule has 20 heavy (non-hydrogen) atoms. The number of piperazine rings is 1. The van der Waals surface area contributed by atoms with Crippen molar-refractivity contribution < 1.29 is 0 Å². The number of nitrogens with one attached hydrogen (secondary N) is 1. The first-order chi connectivity index (χ1) is 9.65. The molecular weight excluding hydrogens is 244 g/mol. The van der Waals surface area contributed by atoms with Gasteiger partial charge in [-0.2, -0.15) is 0 Å². The molecule has 0 amide bonds. The van der Waals surface area contributed by atoms with E-state index in [-0.39, 0.29) is 0 Å². The Hall–Kier alpha value is -0.0800. The van der Waals surface area contributed by atoms with E-state index in [9.17, 15) is 0 Å². The van der Waals surface area contributed by atoms with Gasteiger partial charge in [0.05, 0.1) is 0 Å². The second kappa shape index (κ2) is 7.79. The smallest absolute Gasteiger partial charge is 0.0309 e. The van der Waals surface area contributed by atoms with Crippen LogP contribution in [0.2, 0.25) is 0 Å². The minimum absolute atomic E-state index is 0.410. The maximum Gasteiger partial charge on any atom is 0.0309 e. The van der Waals surface area contributed by atoms with Gasteiger partial charge in [0, 0.05) is 24.7 Å². The van der Waals surface area contributed by atoms with Crippen LogP contribution in [0.3, 0.4) is 0 Å². The van der Waals surface area contributed by atoms with Gasteiger partial charge in [0.15, 0.2) is 0 Å². The molecule has 1 N–H and O–H groups in total. The molecule has 2 fully saturated rings. The first-order valence-corrected chi connectivity index (χ1v) is 9.15. The van der Waals surface area contributed by atoms with Gasteiger partial charge in [0.2, 0.25) is 0 Å². The van der Waals surface area contributed by atoms with Crippen LogP contribution in [0.25, 0.3) is 0 Å². The zero-order valence-electron chi connectivity index (χ0n) is 14.1. The molecule has 0 aromatic carbocycles. The Balaban J connectivity index is 1.61. The molecule has 2 nitrogen and oxygen atoms in total. The molecule has 2 heteroatoms. The largest absolute Gasteiger partial charge is 0.308 e. The van der Waals surface area contributed by atoms with Crippen LogP contribution in [-0.4, -0.2) is 36.1 Å². The Morgan fingerprint density at radius 2 is 1.70 bits per heavy atom. The minimum Gasteiger partial charge on any atom is -0.308 e. The van der Waals surface area contributed by atoms with Crippen molar-refractivity contribution in [3.05, 3.63) is 0 Å². The molecule has 0 spiro atoms. The third-order valence-corrected chi connectivity index (χ3v) is 5.48. The molecule has 1 aliphatic carbocycles. The van der Waals surface area contributed by atoms with Gasteiger partial charge in [-0.25, -0.2) is 0 Å². The lowest BCUT2D eigenvalue weighted by molar-refractivity contribution is 0.0817. The lowest BCUT2D eigenvalue weighted by Gasteiger charge is -2.45. The average Bonchev–Trinajstić information content (AvgIpc) is 3.27. The molecule has 0 aromatic heterocycles. The van der Waals surface area contributed by atoms with Gasteiger partial charge in [-0.1, -0.05) is 45.4 Å². The molecular formula is C18H36N2. The summed E-state index contributed by atoms with van der Waals surface area (Å²) in [6.07, 6.45) is 12.8. The summed E-state index contributed by atoms with van der Waals surface area (Å²) in [5, 5.41) is 3.82. The highest BCUT2D eigenvalue weighted by atomic mass is 15.2. The number of hydrogen-bond acceptors (Lipinski definition) is 2. The van der Waals surface area contributed by atoms with Crippen LogP contribution in [0.15, 0.2) is 0 Å². The third-order valence-electron chi connectivity index (χ3n) is 5.48. The molecule has 1 heterocycles. The van der Waals surface area contributed by atoms with Crippen molar-refractivity contribution >= 4 is 0 Å². The maximum atomic E-state index is 3.82. The topological polar surface area (TPSA) is 15.3 Å². The zero-order chi connectivity index (χ0) is 14.4. The number of rotatable bonds is 9. The predicted octanol–water partition coefficient (Wildman–Crippen LogP) is 4.20. The minimum atomic E-state index is 0.410. The van der Waals surface area contributed by atoms with Gasteiger partial charge in [-0.05, 0) is 45.6 Å². The van der Waals surface area contributed by atoms with E-state index in [1.807, 2.05) is 0 Å². The third kappa shape index (κ3) is 4.73. The van der Waals surface area contributed by atoms with Gasteiger partial charge in [0.1, 0.15) is 0 Å². The van der Waals surface area contributed by atoms with Crippen molar-refractivity contribution in [1.29, 1.82) is 0 Å². The van der Waals surface area contributed by atoms with Gasteiger partial charge in [-0.3, -0.25) is 4.90 Å². The molecule has 1 saturated carbocycles. The summed E-state index contributed by atoms with van der Waals surface area (Å²) in [6.45, 7) is 10.9. The van der Waals surface area contributed by atoms with E-state index in [0.29, 0.717) is 5.54 Å². The Morgan fingerprint density at radius 3 is 2.35 bits per heavy atom. The number of nitrogens with zero attached hydrogens (tertiary/aromatic N) is 1. The monoisotopic (exact) mass is 280 g/mol. The van der Waals surface area contributed by atoms with Crippen LogP contribution in [0.5, 0.6) is 0 Å². The van der Waals surface area contributed by atoms with E-state index in [4.69, 9.17) is 0 Å². The van der Waals surface area contributed by atoms with Gasteiger partial charge in [0.25, 0.3) is 0 Å². The summed E-state index contributed by atoms with van der Waals surface area (Å²) < 4.78 is 0. The lowest BCUT2D eigenvalue weighted by atomic mass is 9.91. The van der Waals surface area contributed by atoms with Gasteiger partial charge >= 0.3 is 0 Å². The Kier molecular flexibility index (Phi) is 6.35. The van der Waals surface area contributed by atoms with E-state index in [1.54, 1.807) is 0 Å². The highest BCUT2D eigenvalue weighted by molar-refractivity contribution is 5.03. The molecule has 0 bridgehead atoms. The van der Waals surface area contributed by atoms with Crippen LogP contribution in [-0.2, 0) is 0 Å². The molecule has 1 saturated heterocycles. The summed E-state index contributed by atoms with van der Waals surface area (Å²) in [4.78, 5) is 2.75. The first kappa shape index (κ1) is 16.3. The molecule has 118 valence electrons. The Morgan fingerprint density at radius 1 is 1.05 bits per heavy atom. The van der Waals surface area contributed by atoms with Crippen molar-refractivity contribution in [2.24, 2.45) is 5.92 Å². The Labute approximate surface area is 126 Å². The number of unbranched alkanes of at least 4 members (excludes halogenated alkanes) is 6. The van der Waals surface area contributed by atoms with Crippen molar-refractivity contribution in [3.8, 4) is 0 Å². The second-order valence-corrected chi connectivity index (χ2v) is 7.51. The SMILES string of the molecule is CCCCCCCCCN1CC(C)(C2CC2)NCC1C. The molecule has 2 aliphatic rings. The normalized spacial score (nSPS) is 31.6. The van der Waals surface area contributed by atoms with Crippen molar-refractivity contribution in [3.63, 3.8) is 0 Å². The first-order valence-electron chi connectivity index (χ1n) is 9.15.